The van der Waals surface area contributed by atoms with Crippen molar-refractivity contribution in [1.82, 2.24) is 25.1 Å². The number of rotatable bonds is 10. The minimum absolute atomic E-state index is 0.0145. The number of aryl methyl sites for hydroxylation is 1. The van der Waals surface area contributed by atoms with Crippen LogP contribution in [-0.4, -0.2) is 56.9 Å². The Hall–Kier alpha value is -4.12. The van der Waals surface area contributed by atoms with E-state index in [1.165, 1.54) is 12.0 Å². The van der Waals surface area contributed by atoms with E-state index < -0.39 is 4.92 Å². The summed E-state index contributed by atoms with van der Waals surface area (Å²) >= 11 is 0. The van der Waals surface area contributed by atoms with E-state index in [4.69, 9.17) is 4.74 Å². The van der Waals surface area contributed by atoms with Gasteiger partial charge in [-0.1, -0.05) is 12.5 Å². The molecule has 1 aliphatic rings. The highest BCUT2D eigenvalue weighted by Crippen LogP contribution is 2.30. The highest BCUT2D eigenvalue weighted by atomic mass is 16.6. The molecule has 0 spiro atoms. The van der Waals surface area contributed by atoms with Crippen molar-refractivity contribution in [3.05, 3.63) is 80.9 Å². The molecule has 1 atom stereocenters. The van der Waals surface area contributed by atoms with Crippen molar-refractivity contribution < 1.29 is 14.5 Å². The molecule has 1 unspecified atom stereocenters. The van der Waals surface area contributed by atoms with Crippen molar-refractivity contribution in [2.75, 3.05) is 20.2 Å². The van der Waals surface area contributed by atoms with Crippen LogP contribution in [0, 0.1) is 24.0 Å². The lowest BCUT2D eigenvalue weighted by molar-refractivity contribution is -0.386. The molecule has 4 rings (SSSR count). The number of likely N-dealkylation sites (tertiary alicyclic amines) is 1. The second-order valence-corrected chi connectivity index (χ2v) is 9.38. The van der Waals surface area contributed by atoms with Crippen LogP contribution in [0.15, 0.2) is 47.8 Å². The Morgan fingerprint density at radius 3 is 2.87 bits per heavy atom. The Labute approximate surface area is 221 Å². The molecule has 1 aromatic carbocycles. The first-order chi connectivity index (χ1) is 18.4. The van der Waals surface area contributed by atoms with Crippen LogP contribution in [0.3, 0.4) is 0 Å². The first kappa shape index (κ1) is 26.9. The minimum atomic E-state index is -0.415. The van der Waals surface area contributed by atoms with Gasteiger partial charge >= 0.3 is 5.69 Å². The van der Waals surface area contributed by atoms with Crippen LogP contribution < -0.4 is 10.2 Å². The van der Waals surface area contributed by atoms with Gasteiger partial charge in [-0.3, -0.25) is 29.5 Å². The lowest BCUT2D eigenvalue weighted by Gasteiger charge is -2.35. The summed E-state index contributed by atoms with van der Waals surface area (Å²) in [5.74, 6) is 0.478. The lowest BCUT2D eigenvalue weighted by Crippen LogP contribution is -2.36. The molecule has 11 nitrogen and oxygen atoms in total. The standard InChI is InChI=1S/C27H33N7O4/c1-19-27(34(36)37)20(2)33(31-19)18-23-15-21(9-10-25(23)38-3)16-29-30-26(35)11-14-32-13-5-4-8-24(32)22-7-6-12-28-17-22/h6-7,9-10,12,15-17,24H,4-5,8,11,13-14,18H2,1-3H3,(H,30,35). The van der Waals surface area contributed by atoms with Crippen LogP contribution in [0.25, 0.3) is 0 Å². The van der Waals surface area contributed by atoms with Gasteiger partial charge < -0.3 is 4.74 Å². The number of piperidine rings is 1. The SMILES string of the molecule is COc1ccc(C=NNC(=O)CCN2CCCCC2c2cccnc2)cc1Cn1nc(C)c([N+](=O)[O-])c1C. The Balaban J connectivity index is 1.36. The number of hydrogen-bond acceptors (Lipinski definition) is 8. The van der Waals surface area contributed by atoms with Crippen molar-refractivity contribution >= 4 is 17.8 Å². The summed E-state index contributed by atoms with van der Waals surface area (Å²) in [6.07, 6.45) is 8.97. The highest BCUT2D eigenvalue weighted by Gasteiger charge is 2.24. The highest BCUT2D eigenvalue weighted by molar-refractivity contribution is 5.83. The average Bonchev–Trinajstić information content (AvgIpc) is 3.20. The number of nitrogens with one attached hydrogen (secondary N) is 1. The van der Waals surface area contributed by atoms with Crippen LogP contribution in [-0.2, 0) is 11.3 Å². The lowest BCUT2D eigenvalue weighted by atomic mass is 9.96. The Kier molecular flexibility index (Phi) is 8.80. The number of hydrazone groups is 1. The van der Waals surface area contributed by atoms with E-state index in [0.717, 1.165) is 30.5 Å². The van der Waals surface area contributed by atoms with Gasteiger partial charge in [-0.05, 0) is 68.6 Å². The Bertz CT molecular complexity index is 1310. The fourth-order valence-electron chi connectivity index (χ4n) is 4.96. The number of aromatic nitrogens is 3. The molecule has 1 fully saturated rings. The molecule has 1 amide bonds. The summed E-state index contributed by atoms with van der Waals surface area (Å²) in [5, 5.41) is 19.8. The topological polar surface area (TPSA) is 128 Å². The zero-order chi connectivity index (χ0) is 27.1. The first-order valence-electron chi connectivity index (χ1n) is 12.7. The van der Waals surface area contributed by atoms with Gasteiger partial charge in [0.05, 0.1) is 24.8 Å². The van der Waals surface area contributed by atoms with E-state index >= 15 is 0 Å². The number of methoxy groups -OCH3 is 1. The summed E-state index contributed by atoms with van der Waals surface area (Å²) in [4.78, 5) is 30.0. The molecule has 200 valence electrons. The van der Waals surface area contributed by atoms with E-state index in [2.05, 4.69) is 31.6 Å². The monoisotopic (exact) mass is 519 g/mol. The van der Waals surface area contributed by atoms with Gasteiger partial charge in [0, 0.05) is 37.0 Å². The van der Waals surface area contributed by atoms with E-state index in [0.29, 0.717) is 36.6 Å². The van der Waals surface area contributed by atoms with Crippen LogP contribution in [0.4, 0.5) is 5.69 Å². The summed E-state index contributed by atoms with van der Waals surface area (Å²) < 4.78 is 7.06. The van der Waals surface area contributed by atoms with Crippen molar-refractivity contribution in [2.24, 2.45) is 5.10 Å². The molecule has 1 aliphatic heterocycles. The predicted molar refractivity (Wildman–Crippen MR) is 143 cm³/mol. The maximum Gasteiger partial charge on any atom is 0.312 e. The van der Waals surface area contributed by atoms with E-state index in [-0.39, 0.29) is 17.6 Å². The summed E-state index contributed by atoms with van der Waals surface area (Å²) in [6.45, 7) is 5.21. The molecule has 0 saturated carbocycles. The van der Waals surface area contributed by atoms with Crippen molar-refractivity contribution in [2.45, 2.75) is 52.1 Å². The molecule has 0 aliphatic carbocycles. The summed E-state index contributed by atoms with van der Waals surface area (Å²) in [7, 11) is 1.57. The van der Waals surface area contributed by atoms with Crippen LogP contribution in [0.5, 0.6) is 5.75 Å². The average molecular weight is 520 g/mol. The predicted octanol–water partition coefficient (Wildman–Crippen LogP) is 3.93. The van der Waals surface area contributed by atoms with Crippen molar-refractivity contribution in [3.8, 4) is 5.75 Å². The molecule has 2 aromatic heterocycles. The van der Waals surface area contributed by atoms with Gasteiger partial charge in [-0.25, -0.2) is 5.43 Å². The zero-order valence-electron chi connectivity index (χ0n) is 22.0. The number of nitrogens with zero attached hydrogens (tertiary/aromatic N) is 6. The quantitative estimate of drug-likeness (QED) is 0.244. The number of hydrogen-bond donors (Lipinski definition) is 1. The third kappa shape index (κ3) is 6.41. The molecule has 1 saturated heterocycles. The molecule has 0 bridgehead atoms. The molecule has 38 heavy (non-hydrogen) atoms. The molecule has 1 N–H and O–H groups in total. The minimum Gasteiger partial charge on any atom is -0.496 e. The fraction of sp³-hybridized carbons (Fsp3) is 0.407. The third-order valence-corrected chi connectivity index (χ3v) is 6.86. The second kappa shape index (κ2) is 12.4. The largest absolute Gasteiger partial charge is 0.496 e. The first-order valence-corrected chi connectivity index (χ1v) is 12.7. The number of pyridine rings is 1. The molecule has 3 heterocycles. The summed E-state index contributed by atoms with van der Waals surface area (Å²) in [6, 6.07) is 9.83. The second-order valence-electron chi connectivity index (χ2n) is 9.38. The van der Waals surface area contributed by atoms with Gasteiger partial charge in [0.1, 0.15) is 17.1 Å². The fourth-order valence-corrected chi connectivity index (χ4v) is 4.96. The van der Waals surface area contributed by atoms with Crippen LogP contribution in [0.2, 0.25) is 0 Å². The van der Waals surface area contributed by atoms with Crippen molar-refractivity contribution in [3.63, 3.8) is 0 Å². The molecule has 3 aromatic rings. The molecular weight excluding hydrogens is 486 g/mol. The van der Waals surface area contributed by atoms with E-state index in [1.54, 1.807) is 44.1 Å². The molecular formula is C27H33N7O4. The van der Waals surface area contributed by atoms with Crippen molar-refractivity contribution in [1.29, 1.82) is 0 Å². The zero-order valence-corrected chi connectivity index (χ0v) is 22.0. The summed E-state index contributed by atoms with van der Waals surface area (Å²) in [5.41, 5.74) is 6.21. The number of ether oxygens (including phenoxy) is 1. The number of amides is 1. The maximum absolute atomic E-state index is 12.5. The number of nitro groups is 1. The molecule has 0 radical (unpaired) electrons. The molecule has 11 heteroatoms. The van der Waals surface area contributed by atoms with Crippen LogP contribution >= 0.6 is 0 Å². The third-order valence-electron chi connectivity index (χ3n) is 6.86. The van der Waals surface area contributed by atoms with Crippen LogP contribution in [0.1, 0.15) is 59.8 Å². The van der Waals surface area contributed by atoms with Gasteiger partial charge in [0.2, 0.25) is 5.91 Å². The van der Waals surface area contributed by atoms with Gasteiger partial charge in [-0.2, -0.15) is 10.2 Å². The van der Waals surface area contributed by atoms with E-state index in [9.17, 15) is 14.9 Å². The smallest absolute Gasteiger partial charge is 0.312 e. The van der Waals surface area contributed by atoms with E-state index in [1.807, 2.05) is 24.4 Å². The number of carbonyl (C=O) groups is 1. The number of benzene rings is 1. The van der Waals surface area contributed by atoms with Gasteiger partial charge in [0.15, 0.2) is 0 Å². The maximum atomic E-state index is 12.5. The van der Waals surface area contributed by atoms with Gasteiger partial charge in [0.25, 0.3) is 0 Å². The normalized spacial score (nSPS) is 16.0. The van der Waals surface area contributed by atoms with Gasteiger partial charge in [-0.15, -0.1) is 0 Å². The Morgan fingerprint density at radius 2 is 2.16 bits per heavy atom. The Morgan fingerprint density at radius 1 is 1.32 bits per heavy atom. The number of carbonyl (C=O) groups excluding carboxylic acids is 1.